The number of carbonyl (C=O) groups excluding carboxylic acids is 2. The highest BCUT2D eigenvalue weighted by atomic mass is 35.5. The molecule has 0 spiro atoms. The first-order valence-electron chi connectivity index (χ1n) is 7.49. The highest BCUT2D eigenvalue weighted by molar-refractivity contribution is 6.30. The number of nitrogens with zero attached hydrogens (tertiary/aromatic N) is 1. The van der Waals surface area contributed by atoms with Crippen LogP contribution in [0.15, 0.2) is 18.2 Å². The lowest BCUT2D eigenvalue weighted by molar-refractivity contribution is -0.895. The molecule has 1 aromatic rings. The Bertz CT molecular complexity index is 577. The fourth-order valence-electron chi connectivity index (χ4n) is 2.41. The number of quaternary nitrogens is 1. The normalized spacial score (nSPS) is 15.3. The molecule has 23 heavy (non-hydrogen) atoms. The van der Waals surface area contributed by atoms with Crippen molar-refractivity contribution < 1.29 is 23.6 Å². The van der Waals surface area contributed by atoms with E-state index in [2.05, 4.69) is 5.32 Å². The molecule has 1 aliphatic rings. The van der Waals surface area contributed by atoms with Crippen molar-refractivity contribution in [1.82, 2.24) is 4.90 Å². The largest absolute Gasteiger partial charge is 0.450 e. The summed E-state index contributed by atoms with van der Waals surface area (Å²) in [5.41, 5.74) is 0.115. The van der Waals surface area contributed by atoms with E-state index in [0.717, 1.165) is 11.0 Å². The van der Waals surface area contributed by atoms with Gasteiger partial charge in [0.25, 0.3) is 5.91 Å². The van der Waals surface area contributed by atoms with E-state index in [-0.39, 0.29) is 29.3 Å². The maximum atomic E-state index is 13.6. The van der Waals surface area contributed by atoms with Crippen molar-refractivity contribution in [3.05, 3.63) is 29.0 Å². The molecule has 2 N–H and O–H groups in total. The average molecular weight is 345 g/mol. The van der Waals surface area contributed by atoms with Crippen molar-refractivity contribution in [2.45, 2.75) is 6.92 Å². The molecule has 0 unspecified atom stereocenters. The van der Waals surface area contributed by atoms with Crippen molar-refractivity contribution in [2.24, 2.45) is 0 Å². The number of anilines is 1. The maximum absolute atomic E-state index is 13.6. The second-order valence-corrected chi connectivity index (χ2v) is 5.72. The Labute approximate surface area is 139 Å². The first-order chi connectivity index (χ1) is 11.0. The molecule has 126 valence electrons. The number of benzene rings is 1. The summed E-state index contributed by atoms with van der Waals surface area (Å²) in [6, 6.07) is 4.11. The predicted molar refractivity (Wildman–Crippen MR) is 84.2 cm³/mol. The van der Waals surface area contributed by atoms with Crippen LogP contribution in [0, 0.1) is 5.82 Å². The van der Waals surface area contributed by atoms with Crippen LogP contribution in [0.3, 0.4) is 0 Å². The zero-order chi connectivity index (χ0) is 16.8. The first-order valence-corrected chi connectivity index (χ1v) is 7.87. The van der Waals surface area contributed by atoms with Gasteiger partial charge in [0.05, 0.1) is 38.5 Å². The minimum Gasteiger partial charge on any atom is -0.450 e. The molecule has 0 radical (unpaired) electrons. The Kier molecular flexibility index (Phi) is 6.18. The van der Waals surface area contributed by atoms with E-state index in [0.29, 0.717) is 32.8 Å². The monoisotopic (exact) mass is 344 g/mol. The first kappa shape index (κ1) is 17.5. The van der Waals surface area contributed by atoms with Gasteiger partial charge >= 0.3 is 6.09 Å². The second kappa shape index (κ2) is 8.12. The lowest BCUT2D eigenvalue weighted by atomic mass is 10.3. The highest BCUT2D eigenvalue weighted by Crippen LogP contribution is 2.18. The fourth-order valence-corrected chi connectivity index (χ4v) is 2.57. The number of hydrogen-bond donors (Lipinski definition) is 2. The molecule has 0 bridgehead atoms. The van der Waals surface area contributed by atoms with Crippen LogP contribution < -0.4 is 10.2 Å². The van der Waals surface area contributed by atoms with E-state index >= 15 is 0 Å². The van der Waals surface area contributed by atoms with Crippen LogP contribution in [0.25, 0.3) is 0 Å². The van der Waals surface area contributed by atoms with Gasteiger partial charge in [-0.05, 0) is 25.1 Å². The van der Waals surface area contributed by atoms with Gasteiger partial charge in [0, 0.05) is 5.02 Å². The van der Waals surface area contributed by atoms with Crippen molar-refractivity contribution >= 4 is 29.3 Å². The van der Waals surface area contributed by atoms with Crippen LogP contribution >= 0.6 is 11.6 Å². The number of amides is 2. The molecular formula is C15H20ClFN3O3+. The fraction of sp³-hybridized carbons (Fsp3) is 0.467. The van der Waals surface area contributed by atoms with Crippen LogP contribution in [0.5, 0.6) is 0 Å². The molecule has 6 nitrogen and oxygen atoms in total. The lowest BCUT2D eigenvalue weighted by Gasteiger charge is -2.31. The summed E-state index contributed by atoms with van der Waals surface area (Å²) < 4.78 is 18.6. The predicted octanol–water partition coefficient (Wildman–Crippen LogP) is 0.775. The van der Waals surface area contributed by atoms with Gasteiger partial charge in [-0.25, -0.2) is 9.18 Å². The summed E-state index contributed by atoms with van der Waals surface area (Å²) in [5, 5.41) is 2.82. The van der Waals surface area contributed by atoms with Gasteiger partial charge in [-0.2, -0.15) is 0 Å². The lowest BCUT2D eigenvalue weighted by Crippen LogP contribution is -3.15. The molecule has 1 fully saturated rings. The summed E-state index contributed by atoms with van der Waals surface area (Å²) in [5.74, 6) is -0.834. The zero-order valence-corrected chi connectivity index (χ0v) is 13.7. The van der Waals surface area contributed by atoms with Crippen molar-refractivity contribution in [1.29, 1.82) is 0 Å². The molecule has 1 aliphatic heterocycles. The Hall–Kier alpha value is -1.86. The molecular weight excluding hydrogens is 325 g/mol. The van der Waals surface area contributed by atoms with Crippen molar-refractivity contribution in [2.75, 3.05) is 44.6 Å². The standard InChI is InChI=1S/C15H19ClFN3O3/c1-2-23-15(22)20-7-5-19(6-8-20)10-14(21)18-13-4-3-11(16)9-12(13)17/h3-4,9H,2,5-8,10H2,1H3,(H,18,21)/p+1. The third-order valence-corrected chi connectivity index (χ3v) is 3.85. The van der Waals surface area contributed by atoms with Crippen LogP contribution in [0.4, 0.5) is 14.9 Å². The molecule has 0 aromatic heterocycles. The SMILES string of the molecule is CCOC(=O)N1CC[NH+](CC(=O)Nc2ccc(Cl)cc2F)CC1. The number of hydrogen-bond acceptors (Lipinski definition) is 3. The average Bonchev–Trinajstić information content (AvgIpc) is 2.51. The van der Waals surface area contributed by atoms with Gasteiger partial charge in [-0.1, -0.05) is 11.6 Å². The molecule has 1 saturated heterocycles. The van der Waals surface area contributed by atoms with Gasteiger partial charge in [0.1, 0.15) is 5.82 Å². The molecule has 0 aliphatic carbocycles. The maximum Gasteiger partial charge on any atom is 0.410 e. The Morgan fingerprint density at radius 1 is 1.39 bits per heavy atom. The van der Waals surface area contributed by atoms with E-state index in [1.54, 1.807) is 11.8 Å². The molecule has 2 rings (SSSR count). The molecule has 8 heteroatoms. The number of carbonyl (C=O) groups is 2. The number of rotatable bonds is 4. The van der Waals surface area contributed by atoms with Gasteiger partial charge in [-0.15, -0.1) is 0 Å². The van der Waals surface area contributed by atoms with Crippen LogP contribution in [0.1, 0.15) is 6.92 Å². The van der Waals surface area contributed by atoms with E-state index in [4.69, 9.17) is 16.3 Å². The molecule has 2 amide bonds. The number of ether oxygens (including phenoxy) is 1. The van der Waals surface area contributed by atoms with Gasteiger partial charge in [0.2, 0.25) is 0 Å². The summed E-state index contributed by atoms with van der Waals surface area (Å²) in [6.45, 7) is 4.71. The minimum absolute atomic E-state index is 0.115. The van der Waals surface area contributed by atoms with E-state index in [9.17, 15) is 14.0 Å². The topological polar surface area (TPSA) is 63.1 Å². The quantitative estimate of drug-likeness (QED) is 0.848. The summed E-state index contributed by atoms with van der Waals surface area (Å²) in [6.07, 6.45) is -0.320. The number of piperazine rings is 1. The molecule has 1 aromatic carbocycles. The van der Waals surface area contributed by atoms with Gasteiger partial charge < -0.3 is 15.0 Å². The smallest absolute Gasteiger partial charge is 0.410 e. The third-order valence-electron chi connectivity index (χ3n) is 3.61. The number of nitrogens with one attached hydrogen (secondary N) is 2. The van der Waals surface area contributed by atoms with E-state index in [1.807, 2.05) is 0 Å². The summed E-state index contributed by atoms with van der Waals surface area (Å²) in [7, 11) is 0. The molecule has 0 saturated carbocycles. The molecule has 1 heterocycles. The summed E-state index contributed by atoms with van der Waals surface area (Å²) >= 11 is 5.67. The van der Waals surface area contributed by atoms with E-state index < -0.39 is 5.82 Å². The Balaban J connectivity index is 1.79. The van der Waals surface area contributed by atoms with E-state index in [1.165, 1.54) is 12.1 Å². The van der Waals surface area contributed by atoms with Gasteiger partial charge in [-0.3, -0.25) is 9.69 Å². The Morgan fingerprint density at radius 3 is 2.70 bits per heavy atom. The van der Waals surface area contributed by atoms with Crippen molar-refractivity contribution in [3.8, 4) is 0 Å². The minimum atomic E-state index is -0.562. The van der Waals surface area contributed by atoms with Crippen LogP contribution in [0.2, 0.25) is 5.02 Å². The molecule has 0 atom stereocenters. The van der Waals surface area contributed by atoms with Gasteiger partial charge in [0.15, 0.2) is 6.54 Å². The van der Waals surface area contributed by atoms with Crippen molar-refractivity contribution in [3.63, 3.8) is 0 Å². The summed E-state index contributed by atoms with van der Waals surface area (Å²) in [4.78, 5) is 26.3. The number of halogens is 2. The van der Waals surface area contributed by atoms with Crippen LogP contribution in [-0.4, -0.2) is 56.2 Å². The zero-order valence-electron chi connectivity index (χ0n) is 12.9. The second-order valence-electron chi connectivity index (χ2n) is 5.29. The third kappa shape index (κ3) is 5.07. The van der Waals surface area contributed by atoms with Crippen LogP contribution in [-0.2, 0) is 9.53 Å². The highest BCUT2D eigenvalue weighted by Gasteiger charge is 2.26. The Morgan fingerprint density at radius 2 is 2.09 bits per heavy atom.